The van der Waals surface area contributed by atoms with E-state index >= 15 is 0 Å². The van der Waals surface area contributed by atoms with E-state index in [1.54, 1.807) is 0 Å². The quantitative estimate of drug-likeness (QED) is 0.167. The largest absolute Gasteiger partial charge is 0.456 e. The summed E-state index contributed by atoms with van der Waals surface area (Å²) in [6.07, 6.45) is 0. The molecule has 11 rings (SSSR count). The fraction of sp³-hybridized carbons (Fsp3) is 0.119. The number of nitrogens with zero attached hydrogens (tertiary/aromatic N) is 1. The van der Waals surface area contributed by atoms with Crippen LogP contribution in [0.5, 0.6) is 0 Å². The van der Waals surface area contributed by atoms with Crippen LogP contribution < -0.4 is 4.90 Å². The molecule has 0 fully saturated rings. The van der Waals surface area contributed by atoms with Crippen LogP contribution in [0.1, 0.15) is 51.3 Å². The van der Waals surface area contributed by atoms with Crippen LogP contribution in [0.15, 0.2) is 199 Å². The van der Waals surface area contributed by atoms with Gasteiger partial charge in [0.15, 0.2) is 0 Å². The van der Waals surface area contributed by atoms with E-state index in [2.05, 4.69) is 222 Å². The Bertz CT molecular complexity index is 3300. The van der Waals surface area contributed by atoms with Gasteiger partial charge in [-0.15, -0.1) is 0 Å². The number of hydrogen-bond acceptors (Lipinski definition) is 2. The van der Waals surface area contributed by atoms with Crippen molar-refractivity contribution in [3.63, 3.8) is 0 Å². The van der Waals surface area contributed by atoms with E-state index in [0.29, 0.717) is 0 Å². The molecule has 0 amide bonds. The molecular weight excluding hydrogens is 739 g/mol. The molecule has 0 spiro atoms. The number of furan rings is 1. The van der Waals surface area contributed by atoms with E-state index in [9.17, 15) is 0 Å². The van der Waals surface area contributed by atoms with Gasteiger partial charge in [-0.1, -0.05) is 186 Å². The zero-order valence-electron chi connectivity index (χ0n) is 35.3. The molecule has 1 heterocycles. The lowest BCUT2D eigenvalue weighted by atomic mass is 9.79. The van der Waals surface area contributed by atoms with Crippen molar-refractivity contribution in [1.29, 1.82) is 0 Å². The Morgan fingerprint density at radius 3 is 1.79 bits per heavy atom. The van der Waals surface area contributed by atoms with Crippen LogP contribution in [-0.4, -0.2) is 0 Å². The van der Waals surface area contributed by atoms with Crippen molar-refractivity contribution in [2.24, 2.45) is 0 Å². The van der Waals surface area contributed by atoms with Gasteiger partial charge in [0.05, 0.1) is 5.69 Å². The second kappa shape index (κ2) is 14.0. The second-order valence-electron chi connectivity index (χ2n) is 18.1. The first-order valence-electron chi connectivity index (χ1n) is 21.4. The molecular formula is C59H47NO. The minimum Gasteiger partial charge on any atom is -0.456 e. The summed E-state index contributed by atoms with van der Waals surface area (Å²) < 4.78 is 6.29. The highest BCUT2D eigenvalue weighted by atomic mass is 16.3. The summed E-state index contributed by atoms with van der Waals surface area (Å²) in [6.45, 7) is 11.7. The van der Waals surface area contributed by atoms with Crippen molar-refractivity contribution in [3.8, 4) is 44.5 Å². The van der Waals surface area contributed by atoms with Gasteiger partial charge >= 0.3 is 0 Å². The van der Waals surface area contributed by atoms with Gasteiger partial charge in [0.2, 0.25) is 0 Å². The number of fused-ring (bicyclic) bond motifs is 7. The molecule has 9 aromatic carbocycles. The maximum atomic E-state index is 6.29. The Morgan fingerprint density at radius 2 is 1.02 bits per heavy atom. The zero-order valence-corrected chi connectivity index (χ0v) is 35.3. The number of rotatable bonds is 6. The zero-order chi connectivity index (χ0) is 41.5. The third kappa shape index (κ3) is 6.00. The van der Waals surface area contributed by atoms with Gasteiger partial charge in [0, 0.05) is 33.1 Å². The molecule has 0 unspecified atom stereocenters. The van der Waals surface area contributed by atoms with Crippen LogP contribution in [0, 0.1) is 0 Å². The van der Waals surface area contributed by atoms with Crippen molar-refractivity contribution in [2.75, 3.05) is 4.90 Å². The number of anilines is 3. The molecule has 0 saturated heterocycles. The van der Waals surface area contributed by atoms with Gasteiger partial charge in [0.25, 0.3) is 0 Å². The normalized spacial score (nSPS) is 13.1. The van der Waals surface area contributed by atoms with Crippen molar-refractivity contribution in [3.05, 3.63) is 211 Å². The molecule has 0 bridgehead atoms. The highest BCUT2D eigenvalue weighted by molar-refractivity contribution is 6.12. The fourth-order valence-electron chi connectivity index (χ4n) is 9.87. The van der Waals surface area contributed by atoms with E-state index in [4.69, 9.17) is 4.42 Å². The Hall–Kier alpha value is -7.16. The molecule has 1 aliphatic carbocycles. The molecule has 10 aromatic rings. The molecule has 1 aromatic heterocycles. The summed E-state index contributed by atoms with van der Waals surface area (Å²) in [4.78, 5) is 2.43. The van der Waals surface area contributed by atoms with Crippen LogP contribution in [0.3, 0.4) is 0 Å². The van der Waals surface area contributed by atoms with E-state index in [1.165, 1.54) is 60.8 Å². The molecule has 2 heteroatoms. The summed E-state index contributed by atoms with van der Waals surface area (Å²) >= 11 is 0. The number of hydrogen-bond donors (Lipinski definition) is 0. The smallest absolute Gasteiger partial charge is 0.136 e. The summed E-state index contributed by atoms with van der Waals surface area (Å²) in [5, 5.41) is 4.78. The second-order valence-corrected chi connectivity index (χ2v) is 18.1. The van der Waals surface area contributed by atoms with Crippen molar-refractivity contribution in [2.45, 2.75) is 45.4 Å². The average Bonchev–Trinajstić information content (AvgIpc) is 3.78. The van der Waals surface area contributed by atoms with E-state index in [1.807, 2.05) is 12.1 Å². The SMILES string of the molecule is CC(C)(C)c1ccc2c(c1)C(C)(C)c1cccc(-c3ccccc3N(c3ccc(-c4cccc5ccccc45)cc3)c3ccc(-c4cccc5oc6ccccc6c45)cc3)c1-2. The Morgan fingerprint density at radius 1 is 0.443 bits per heavy atom. The number of para-hydroxylation sites is 2. The first-order chi connectivity index (χ1) is 29.6. The first kappa shape index (κ1) is 36.9. The third-order valence-electron chi connectivity index (χ3n) is 13.1. The van der Waals surface area contributed by atoms with Gasteiger partial charge in [-0.05, 0) is 114 Å². The van der Waals surface area contributed by atoms with Gasteiger partial charge in [0.1, 0.15) is 11.2 Å². The molecule has 61 heavy (non-hydrogen) atoms. The molecule has 294 valence electrons. The van der Waals surface area contributed by atoms with Crippen molar-refractivity contribution in [1.82, 2.24) is 0 Å². The summed E-state index contributed by atoms with van der Waals surface area (Å²) in [7, 11) is 0. The van der Waals surface area contributed by atoms with Crippen molar-refractivity contribution < 1.29 is 4.42 Å². The minimum absolute atomic E-state index is 0.0628. The molecule has 0 N–H and O–H groups in total. The van der Waals surface area contributed by atoms with Crippen molar-refractivity contribution >= 4 is 49.8 Å². The molecule has 2 nitrogen and oxygen atoms in total. The highest BCUT2D eigenvalue weighted by Crippen LogP contribution is 2.54. The molecule has 0 aliphatic heterocycles. The van der Waals surface area contributed by atoms with E-state index in [-0.39, 0.29) is 10.8 Å². The van der Waals surface area contributed by atoms with Gasteiger partial charge in [-0.2, -0.15) is 0 Å². The van der Waals surface area contributed by atoms with Crippen LogP contribution in [0.4, 0.5) is 17.1 Å². The van der Waals surface area contributed by atoms with E-state index < -0.39 is 0 Å². The van der Waals surface area contributed by atoms with Crippen LogP contribution in [-0.2, 0) is 10.8 Å². The summed E-state index contributed by atoms with van der Waals surface area (Å²) in [5.74, 6) is 0. The van der Waals surface area contributed by atoms with Crippen LogP contribution in [0.2, 0.25) is 0 Å². The average molecular weight is 786 g/mol. The maximum Gasteiger partial charge on any atom is 0.136 e. The lowest BCUT2D eigenvalue weighted by Crippen LogP contribution is -2.17. The fourth-order valence-corrected chi connectivity index (χ4v) is 9.87. The first-order valence-corrected chi connectivity index (χ1v) is 21.4. The van der Waals surface area contributed by atoms with Gasteiger partial charge in [-0.3, -0.25) is 0 Å². The summed E-state index contributed by atoms with van der Waals surface area (Å²) in [6, 6.07) is 71.1. The molecule has 0 saturated carbocycles. The van der Waals surface area contributed by atoms with Crippen LogP contribution in [0.25, 0.3) is 77.2 Å². The predicted octanol–water partition coefficient (Wildman–Crippen LogP) is 16.8. The molecule has 1 aliphatic rings. The minimum atomic E-state index is -0.132. The Kier molecular flexibility index (Phi) is 8.44. The predicted molar refractivity (Wildman–Crippen MR) is 258 cm³/mol. The maximum absolute atomic E-state index is 6.29. The Balaban J connectivity index is 1.08. The van der Waals surface area contributed by atoms with Crippen LogP contribution >= 0.6 is 0 Å². The highest BCUT2D eigenvalue weighted by Gasteiger charge is 2.38. The third-order valence-corrected chi connectivity index (χ3v) is 13.1. The summed E-state index contributed by atoms with van der Waals surface area (Å²) in [5.41, 5.74) is 19.0. The molecule has 0 atom stereocenters. The Labute approximate surface area is 358 Å². The standard InChI is InChI=1S/C59H47NO/c1-58(2,3)41-31-36-49-52(37-41)59(4,5)51-23-13-22-48(56(49)51)47-18-8-10-24-53(47)60(42-32-27-39(28-33-42)45-20-12-16-38-15-6-7-17-44(38)45)43-34-29-40(30-35-43)46-21-14-26-55-57(46)50-19-9-11-25-54(50)61-55/h6-37H,1-5H3. The lowest BCUT2D eigenvalue weighted by Gasteiger charge is -2.29. The van der Waals surface area contributed by atoms with E-state index in [0.717, 1.165) is 50.1 Å². The molecule has 0 radical (unpaired) electrons. The lowest BCUT2D eigenvalue weighted by molar-refractivity contribution is 0.584. The topological polar surface area (TPSA) is 16.4 Å². The monoisotopic (exact) mass is 785 g/mol. The van der Waals surface area contributed by atoms with Gasteiger partial charge in [-0.25, -0.2) is 0 Å². The van der Waals surface area contributed by atoms with Gasteiger partial charge < -0.3 is 9.32 Å². The number of benzene rings is 9.